The van der Waals surface area contributed by atoms with Crippen molar-refractivity contribution in [1.82, 2.24) is 10.3 Å². The molecule has 0 saturated carbocycles. The molecule has 1 heterocycles. The number of carboxylic acid groups (broad SMARTS) is 1. The number of pyridine rings is 1. The number of aryl methyl sites for hydroxylation is 1. The molecule has 0 fully saturated rings. The van der Waals surface area contributed by atoms with E-state index in [1.807, 2.05) is 32.0 Å². The van der Waals surface area contributed by atoms with Gasteiger partial charge in [-0.05, 0) is 38.0 Å². The summed E-state index contributed by atoms with van der Waals surface area (Å²) in [4.78, 5) is 28.4. The maximum Gasteiger partial charge on any atom is 0.305 e. The average Bonchev–Trinajstić information content (AvgIpc) is 2.59. The zero-order valence-corrected chi connectivity index (χ0v) is 15.0. The fraction of sp³-hybridized carbons (Fsp3) is 0.421. The number of carbonyl (C=O) groups excluding carboxylic acids is 1. The predicted molar refractivity (Wildman–Crippen MR) is 96.1 cm³/mol. The van der Waals surface area contributed by atoms with Gasteiger partial charge in [-0.25, -0.2) is 0 Å². The molecule has 2 aromatic rings. The van der Waals surface area contributed by atoms with Gasteiger partial charge in [0.25, 0.3) is 5.91 Å². The van der Waals surface area contributed by atoms with E-state index in [0.29, 0.717) is 29.8 Å². The second kappa shape index (κ2) is 7.51. The summed E-state index contributed by atoms with van der Waals surface area (Å²) >= 11 is 0. The topological polar surface area (TPSA) is 88.5 Å². The van der Waals surface area contributed by atoms with Crippen molar-refractivity contribution >= 4 is 22.8 Å². The minimum Gasteiger partial charge on any atom is -0.497 e. The monoisotopic (exact) mass is 344 g/mol. The number of aliphatic carboxylic acids is 1. The molecule has 0 saturated heterocycles. The second-order valence-corrected chi connectivity index (χ2v) is 6.19. The van der Waals surface area contributed by atoms with Crippen molar-refractivity contribution in [3.05, 3.63) is 35.5 Å². The Bertz CT molecular complexity index is 797. The standard InChI is InChI=1S/C19H24N2O4/c1-5-19(6-2,11-17(22)23)21-18(24)15-9-13-7-8-14(25-4)10-16(13)20-12(15)3/h7-10H,5-6,11H2,1-4H3,(H,21,24)(H,22,23). The Morgan fingerprint density at radius 3 is 2.48 bits per heavy atom. The molecule has 0 aliphatic heterocycles. The Morgan fingerprint density at radius 2 is 1.92 bits per heavy atom. The number of carboxylic acids is 1. The third-order valence-electron chi connectivity index (χ3n) is 4.68. The quantitative estimate of drug-likeness (QED) is 0.804. The SMILES string of the molecule is CCC(CC)(CC(=O)O)NC(=O)c1cc2ccc(OC)cc2nc1C. The molecule has 134 valence electrons. The van der Waals surface area contributed by atoms with E-state index in [0.717, 1.165) is 10.9 Å². The summed E-state index contributed by atoms with van der Waals surface area (Å²) in [5.74, 6) is -0.522. The van der Waals surface area contributed by atoms with Crippen LogP contribution >= 0.6 is 0 Å². The van der Waals surface area contributed by atoms with Crippen molar-refractivity contribution in [2.75, 3.05) is 7.11 Å². The molecule has 0 aliphatic carbocycles. The van der Waals surface area contributed by atoms with Crippen molar-refractivity contribution in [2.24, 2.45) is 0 Å². The Morgan fingerprint density at radius 1 is 1.24 bits per heavy atom. The summed E-state index contributed by atoms with van der Waals surface area (Å²) in [5, 5.41) is 12.9. The number of amides is 1. The van der Waals surface area contributed by atoms with E-state index in [1.165, 1.54) is 0 Å². The highest BCUT2D eigenvalue weighted by Crippen LogP contribution is 2.24. The van der Waals surface area contributed by atoms with Crippen LogP contribution in [0.15, 0.2) is 24.3 Å². The van der Waals surface area contributed by atoms with E-state index in [-0.39, 0.29) is 12.3 Å². The maximum atomic E-state index is 12.8. The number of benzene rings is 1. The third-order valence-corrected chi connectivity index (χ3v) is 4.68. The molecule has 6 heteroatoms. The number of aromatic nitrogens is 1. The van der Waals surface area contributed by atoms with Gasteiger partial charge in [0.1, 0.15) is 5.75 Å². The first kappa shape index (κ1) is 18.7. The van der Waals surface area contributed by atoms with Crippen LogP contribution in [-0.2, 0) is 4.79 Å². The van der Waals surface area contributed by atoms with E-state index in [4.69, 9.17) is 9.84 Å². The normalized spacial score (nSPS) is 11.4. The second-order valence-electron chi connectivity index (χ2n) is 6.19. The van der Waals surface area contributed by atoms with E-state index in [1.54, 1.807) is 20.1 Å². The first-order valence-corrected chi connectivity index (χ1v) is 8.34. The number of hydrogen-bond donors (Lipinski definition) is 2. The number of nitrogens with zero attached hydrogens (tertiary/aromatic N) is 1. The van der Waals surface area contributed by atoms with Gasteiger partial charge in [-0.1, -0.05) is 13.8 Å². The van der Waals surface area contributed by atoms with Gasteiger partial charge in [-0.2, -0.15) is 0 Å². The summed E-state index contributed by atoms with van der Waals surface area (Å²) in [6.45, 7) is 5.53. The summed E-state index contributed by atoms with van der Waals surface area (Å²) < 4.78 is 5.20. The highest BCUT2D eigenvalue weighted by Gasteiger charge is 2.31. The number of rotatable bonds is 7. The lowest BCUT2D eigenvalue weighted by Crippen LogP contribution is -2.49. The molecule has 2 N–H and O–H groups in total. The van der Waals surface area contributed by atoms with Crippen LogP contribution in [0, 0.1) is 6.92 Å². The van der Waals surface area contributed by atoms with E-state index in [9.17, 15) is 9.59 Å². The lowest BCUT2D eigenvalue weighted by molar-refractivity contribution is -0.138. The van der Waals surface area contributed by atoms with Gasteiger partial charge >= 0.3 is 5.97 Å². The van der Waals surface area contributed by atoms with Crippen molar-refractivity contribution < 1.29 is 19.4 Å². The van der Waals surface area contributed by atoms with Gasteiger partial charge in [0, 0.05) is 11.5 Å². The number of methoxy groups -OCH3 is 1. The molecule has 25 heavy (non-hydrogen) atoms. The molecule has 0 unspecified atom stereocenters. The maximum absolute atomic E-state index is 12.8. The van der Waals surface area contributed by atoms with Crippen LogP contribution < -0.4 is 10.1 Å². The van der Waals surface area contributed by atoms with Gasteiger partial charge in [0.05, 0.1) is 35.8 Å². The van der Waals surface area contributed by atoms with Crippen molar-refractivity contribution in [2.45, 2.75) is 45.6 Å². The molecular weight excluding hydrogens is 320 g/mol. The number of nitrogens with one attached hydrogen (secondary N) is 1. The zero-order valence-electron chi connectivity index (χ0n) is 15.0. The third kappa shape index (κ3) is 4.07. The molecular formula is C19H24N2O4. The number of ether oxygens (including phenoxy) is 1. The summed E-state index contributed by atoms with van der Waals surface area (Å²) in [6.07, 6.45) is 0.973. The molecule has 2 rings (SSSR count). The van der Waals surface area contributed by atoms with Crippen LogP contribution in [0.3, 0.4) is 0 Å². The van der Waals surface area contributed by atoms with Gasteiger partial charge in [-0.3, -0.25) is 14.6 Å². The summed E-state index contributed by atoms with van der Waals surface area (Å²) in [6, 6.07) is 7.26. The minimum absolute atomic E-state index is 0.108. The van der Waals surface area contributed by atoms with Gasteiger partial charge in [0.2, 0.25) is 0 Å². The molecule has 6 nitrogen and oxygen atoms in total. The van der Waals surface area contributed by atoms with E-state index < -0.39 is 11.5 Å². The van der Waals surface area contributed by atoms with Crippen LogP contribution in [-0.4, -0.2) is 34.6 Å². The Balaban J connectivity index is 2.38. The van der Waals surface area contributed by atoms with Crippen molar-refractivity contribution in [3.8, 4) is 5.75 Å². The van der Waals surface area contributed by atoms with E-state index >= 15 is 0 Å². The van der Waals surface area contributed by atoms with Gasteiger partial charge in [-0.15, -0.1) is 0 Å². The molecule has 0 spiro atoms. The molecule has 0 aliphatic rings. The van der Waals surface area contributed by atoms with Crippen molar-refractivity contribution in [1.29, 1.82) is 0 Å². The number of hydrogen-bond acceptors (Lipinski definition) is 4. The molecule has 0 atom stereocenters. The Hall–Kier alpha value is -2.63. The largest absolute Gasteiger partial charge is 0.497 e. The first-order valence-electron chi connectivity index (χ1n) is 8.34. The lowest BCUT2D eigenvalue weighted by Gasteiger charge is -2.31. The Labute approximate surface area is 147 Å². The molecule has 1 amide bonds. The smallest absolute Gasteiger partial charge is 0.305 e. The highest BCUT2D eigenvalue weighted by molar-refractivity contribution is 5.99. The van der Waals surface area contributed by atoms with Gasteiger partial charge in [0.15, 0.2) is 0 Å². The zero-order chi connectivity index (χ0) is 18.6. The molecule has 1 aromatic heterocycles. The van der Waals surface area contributed by atoms with Gasteiger partial charge < -0.3 is 15.2 Å². The fourth-order valence-corrected chi connectivity index (χ4v) is 2.92. The average molecular weight is 344 g/mol. The van der Waals surface area contributed by atoms with Crippen LogP contribution in [0.4, 0.5) is 0 Å². The van der Waals surface area contributed by atoms with Crippen molar-refractivity contribution in [3.63, 3.8) is 0 Å². The lowest BCUT2D eigenvalue weighted by atomic mass is 9.88. The molecule has 0 bridgehead atoms. The summed E-state index contributed by atoms with van der Waals surface area (Å²) in [7, 11) is 1.59. The number of carbonyl (C=O) groups is 2. The molecule has 0 radical (unpaired) electrons. The fourth-order valence-electron chi connectivity index (χ4n) is 2.92. The number of fused-ring (bicyclic) bond motifs is 1. The Kier molecular flexibility index (Phi) is 5.62. The first-order chi connectivity index (χ1) is 11.8. The van der Waals surface area contributed by atoms with Crippen LogP contribution in [0.5, 0.6) is 5.75 Å². The highest BCUT2D eigenvalue weighted by atomic mass is 16.5. The van der Waals surface area contributed by atoms with E-state index in [2.05, 4.69) is 10.3 Å². The predicted octanol–water partition coefficient (Wildman–Crippen LogP) is 3.32. The van der Waals surface area contributed by atoms with Crippen LogP contribution in [0.2, 0.25) is 0 Å². The minimum atomic E-state index is -0.926. The molecule has 1 aromatic carbocycles. The van der Waals surface area contributed by atoms with Crippen LogP contribution in [0.1, 0.15) is 49.2 Å². The van der Waals surface area contributed by atoms with Crippen LogP contribution in [0.25, 0.3) is 10.9 Å². The summed E-state index contributed by atoms with van der Waals surface area (Å²) in [5.41, 5.74) is 1.03.